The normalized spacial score (nSPS) is 14.3. The Morgan fingerprint density at radius 3 is 2.59 bits per heavy atom. The highest BCUT2D eigenvalue weighted by Gasteiger charge is 2.29. The van der Waals surface area contributed by atoms with Crippen LogP contribution in [-0.2, 0) is 16.6 Å². The Kier molecular flexibility index (Phi) is 4.58. The molecule has 140 valence electrons. The summed E-state index contributed by atoms with van der Waals surface area (Å²) in [5.74, 6) is 0.167. The second-order valence-electron chi connectivity index (χ2n) is 6.42. The molecule has 0 aliphatic heterocycles. The number of nitrogens with one attached hydrogen (secondary N) is 1. The number of sulfonamides is 1. The first kappa shape index (κ1) is 17.9. The van der Waals surface area contributed by atoms with Crippen LogP contribution >= 0.6 is 11.3 Å². The summed E-state index contributed by atoms with van der Waals surface area (Å²) in [6, 6.07) is 14.4. The van der Waals surface area contributed by atoms with E-state index >= 15 is 0 Å². The number of hydrogen-bond donors (Lipinski definition) is 2. The number of primary sulfonamides is 1. The third kappa shape index (κ3) is 3.95. The zero-order valence-electron chi connectivity index (χ0n) is 14.3. The van der Waals surface area contributed by atoms with Crippen molar-refractivity contribution in [3.05, 3.63) is 64.8 Å². The first-order valence-corrected chi connectivity index (χ1v) is 10.8. The maximum absolute atomic E-state index is 12.8. The predicted molar refractivity (Wildman–Crippen MR) is 102 cm³/mol. The van der Waals surface area contributed by atoms with E-state index < -0.39 is 10.0 Å². The molecular weight excluding hydrogens is 384 g/mol. The molecule has 1 aliphatic carbocycles. The Bertz CT molecular complexity index is 1080. The van der Waals surface area contributed by atoms with Gasteiger partial charge in [0.2, 0.25) is 10.0 Å². The van der Waals surface area contributed by atoms with Crippen molar-refractivity contribution in [2.24, 2.45) is 5.14 Å². The number of carbonyl (C=O) groups is 1. The van der Waals surface area contributed by atoms with Gasteiger partial charge in [0, 0.05) is 10.8 Å². The molecular formula is C18H18N4O3S2. The van der Waals surface area contributed by atoms with Crippen LogP contribution in [0.1, 0.15) is 39.8 Å². The minimum Gasteiger partial charge on any atom is -0.346 e. The smallest absolute Gasteiger partial charge is 0.270 e. The van der Waals surface area contributed by atoms with Crippen molar-refractivity contribution in [3.63, 3.8) is 0 Å². The molecule has 27 heavy (non-hydrogen) atoms. The summed E-state index contributed by atoms with van der Waals surface area (Å²) in [6.07, 6.45) is 2.19. The van der Waals surface area contributed by atoms with Gasteiger partial charge in [-0.05, 0) is 43.2 Å². The number of carbonyl (C=O) groups excluding carboxylic acids is 1. The Balaban J connectivity index is 1.55. The van der Waals surface area contributed by atoms with E-state index in [2.05, 4.69) is 10.4 Å². The van der Waals surface area contributed by atoms with Gasteiger partial charge < -0.3 is 5.32 Å². The summed E-state index contributed by atoms with van der Waals surface area (Å²) in [5.41, 5.74) is 2.21. The van der Waals surface area contributed by atoms with Crippen molar-refractivity contribution in [1.82, 2.24) is 15.1 Å². The van der Waals surface area contributed by atoms with E-state index in [0.717, 1.165) is 35.6 Å². The second-order valence-corrected chi connectivity index (χ2v) is 9.38. The molecule has 2 heterocycles. The van der Waals surface area contributed by atoms with Crippen molar-refractivity contribution < 1.29 is 13.2 Å². The van der Waals surface area contributed by atoms with Gasteiger partial charge in [-0.25, -0.2) is 18.2 Å². The number of para-hydroxylation sites is 1. The van der Waals surface area contributed by atoms with Crippen LogP contribution in [0.3, 0.4) is 0 Å². The van der Waals surface area contributed by atoms with E-state index in [9.17, 15) is 13.2 Å². The SMILES string of the molecule is NS(=O)(=O)c1ccc(CNC(=O)c2cc(C3CC3)nn2-c2ccccc2)s1. The molecule has 9 heteroatoms. The maximum Gasteiger partial charge on any atom is 0.270 e. The van der Waals surface area contributed by atoms with Gasteiger partial charge in [-0.15, -0.1) is 11.3 Å². The van der Waals surface area contributed by atoms with E-state index in [1.165, 1.54) is 6.07 Å². The van der Waals surface area contributed by atoms with Crippen molar-refractivity contribution >= 4 is 27.3 Å². The number of benzene rings is 1. The molecule has 3 N–H and O–H groups in total. The maximum atomic E-state index is 12.8. The largest absolute Gasteiger partial charge is 0.346 e. The number of hydrogen-bond acceptors (Lipinski definition) is 5. The van der Waals surface area contributed by atoms with Gasteiger partial charge in [-0.3, -0.25) is 4.79 Å². The van der Waals surface area contributed by atoms with Crippen LogP contribution < -0.4 is 10.5 Å². The van der Waals surface area contributed by atoms with Crippen molar-refractivity contribution in [1.29, 1.82) is 0 Å². The minimum absolute atomic E-state index is 0.0806. The fourth-order valence-corrected chi connectivity index (χ4v) is 4.49. The molecule has 1 aliphatic rings. The fourth-order valence-electron chi connectivity index (χ4n) is 2.77. The number of thiophene rings is 1. The average Bonchev–Trinajstić information content (AvgIpc) is 3.21. The molecule has 1 aromatic carbocycles. The Morgan fingerprint density at radius 1 is 1.22 bits per heavy atom. The number of nitrogens with zero attached hydrogens (tertiary/aromatic N) is 2. The Morgan fingerprint density at radius 2 is 1.96 bits per heavy atom. The third-order valence-electron chi connectivity index (χ3n) is 4.30. The van der Waals surface area contributed by atoms with Crippen molar-refractivity contribution in [2.75, 3.05) is 0 Å². The molecule has 4 rings (SSSR count). The summed E-state index contributed by atoms with van der Waals surface area (Å²) in [7, 11) is -3.72. The standard InChI is InChI=1S/C18H18N4O3S2/c19-27(24,25)17-9-8-14(26-17)11-20-18(23)16-10-15(12-6-7-12)21-22(16)13-4-2-1-3-5-13/h1-5,8-10,12H,6-7,11H2,(H,20,23)(H2,19,24,25). The lowest BCUT2D eigenvalue weighted by molar-refractivity contribution is 0.0943. The summed E-state index contributed by atoms with van der Waals surface area (Å²) in [4.78, 5) is 13.5. The number of aromatic nitrogens is 2. The van der Waals surface area contributed by atoms with E-state index in [1.807, 2.05) is 36.4 Å². The Hall–Kier alpha value is -2.49. The zero-order chi connectivity index (χ0) is 19.0. The summed E-state index contributed by atoms with van der Waals surface area (Å²) < 4.78 is 24.5. The van der Waals surface area contributed by atoms with E-state index in [-0.39, 0.29) is 16.7 Å². The van der Waals surface area contributed by atoms with Crippen LogP contribution in [0.25, 0.3) is 5.69 Å². The Labute approximate surface area is 160 Å². The molecule has 3 aromatic rings. The zero-order valence-corrected chi connectivity index (χ0v) is 16.0. The van der Waals surface area contributed by atoms with Gasteiger partial charge in [0.15, 0.2) is 0 Å². The van der Waals surface area contributed by atoms with Gasteiger partial charge in [-0.1, -0.05) is 18.2 Å². The minimum atomic E-state index is -3.72. The van der Waals surface area contributed by atoms with E-state index in [4.69, 9.17) is 5.14 Å². The molecule has 0 radical (unpaired) electrons. The molecule has 0 saturated heterocycles. The molecule has 0 unspecified atom stereocenters. The molecule has 0 bridgehead atoms. The van der Waals surface area contributed by atoms with Crippen molar-refractivity contribution in [2.45, 2.75) is 29.5 Å². The highest BCUT2D eigenvalue weighted by atomic mass is 32.2. The average molecular weight is 403 g/mol. The molecule has 1 amide bonds. The van der Waals surface area contributed by atoms with Gasteiger partial charge >= 0.3 is 0 Å². The van der Waals surface area contributed by atoms with Crippen LogP contribution in [0, 0.1) is 0 Å². The van der Waals surface area contributed by atoms with Crippen LogP contribution in [0.2, 0.25) is 0 Å². The van der Waals surface area contributed by atoms with Crippen LogP contribution in [0.15, 0.2) is 52.7 Å². The lowest BCUT2D eigenvalue weighted by Gasteiger charge is -2.07. The molecule has 0 atom stereocenters. The third-order valence-corrected chi connectivity index (χ3v) is 6.82. The molecule has 1 saturated carbocycles. The first-order chi connectivity index (χ1) is 12.9. The summed E-state index contributed by atoms with van der Waals surface area (Å²) in [6.45, 7) is 0.220. The first-order valence-electron chi connectivity index (χ1n) is 8.47. The lowest BCUT2D eigenvalue weighted by Crippen LogP contribution is -2.25. The fraction of sp³-hybridized carbons (Fsp3) is 0.222. The van der Waals surface area contributed by atoms with Crippen molar-refractivity contribution in [3.8, 4) is 5.69 Å². The summed E-state index contributed by atoms with van der Waals surface area (Å²) >= 11 is 1.05. The molecule has 7 nitrogen and oxygen atoms in total. The lowest BCUT2D eigenvalue weighted by atomic mass is 10.2. The highest BCUT2D eigenvalue weighted by Crippen LogP contribution is 2.39. The molecule has 0 spiro atoms. The van der Waals surface area contributed by atoms with Crippen LogP contribution in [-0.4, -0.2) is 24.1 Å². The quantitative estimate of drug-likeness (QED) is 0.660. The second kappa shape index (κ2) is 6.91. The number of amides is 1. The summed E-state index contributed by atoms with van der Waals surface area (Å²) in [5, 5.41) is 12.6. The van der Waals surface area contributed by atoms with Crippen LogP contribution in [0.4, 0.5) is 0 Å². The topological polar surface area (TPSA) is 107 Å². The van der Waals surface area contributed by atoms with Gasteiger partial charge in [-0.2, -0.15) is 5.10 Å². The van der Waals surface area contributed by atoms with Crippen LogP contribution in [0.5, 0.6) is 0 Å². The molecule has 2 aromatic heterocycles. The predicted octanol–water partition coefficient (Wildman–Crippen LogP) is 2.39. The number of rotatable bonds is 6. The number of nitrogens with two attached hydrogens (primary N) is 1. The molecule has 1 fully saturated rings. The van der Waals surface area contributed by atoms with Gasteiger partial charge in [0.25, 0.3) is 5.91 Å². The van der Waals surface area contributed by atoms with Gasteiger partial charge in [0.1, 0.15) is 9.90 Å². The van der Waals surface area contributed by atoms with Gasteiger partial charge in [0.05, 0.1) is 17.9 Å². The van der Waals surface area contributed by atoms with E-state index in [0.29, 0.717) is 16.5 Å². The van der Waals surface area contributed by atoms with E-state index in [1.54, 1.807) is 10.7 Å². The highest BCUT2D eigenvalue weighted by molar-refractivity contribution is 7.91. The monoisotopic (exact) mass is 402 g/mol.